The molecule has 0 bridgehead atoms. The van der Waals surface area contributed by atoms with E-state index in [1.807, 2.05) is 0 Å². The van der Waals surface area contributed by atoms with Crippen LogP contribution in [-0.4, -0.2) is 50.3 Å². The van der Waals surface area contributed by atoms with E-state index in [1.165, 1.54) is 11.3 Å². The molecule has 0 amide bonds. The molecule has 7 heteroatoms. The molecule has 2 heterocycles. The minimum atomic E-state index is -3.35. The van der Waals surface area contributed by atoms with Crippen molar-refractivity contribution in [2.75, 3.05) is 26.7 Å². The third-order valence-corrected chi connectivity index (χ3v) is 7.47. The van der Waals surface area contributed by atoms with Crippen LogP contribution in [-0.2, 0) is 10.0 Å². The number of hydrogen-bond acceptors (Lipinski definition) is 4. The Balaban J connectivity index is 2.32. The van der Waals surface area contributed by atoms with Crippen molar-refractivity contribution >= 4 is 37.3 Å². The summed E-state index contributed by atoms with van der Waals surface area (Å²) in [5, 5.41) is 0. The fourth-order valence-electron chi connectivity index (χ4n) is 2.42. The van der Waals surface area contributed by atoms with Crippen molar-refractivity contribution in [2.24, 2.45) is 0 Å². The van der Waals surface area contributed by atoms with Gasteiger partial charge in [0.2, 0.25) is 0 Å². The Kier molecular flexibility index (Phi) is 5.05. The van der Waals surface area contributed by atoms with Gasteiger partial charge in [0.15, 0.2) is 0 Å². The highest BCUT2D eigenvalue weighted by Gasteiger charge is 2.33. The summed E-state index contributed by atoms with van der Waals surface area (Å²) in [6.07, 6.45) is 1.73. The van der Waals surface area contributed by atoms with Gasteiger partial charge in [-0.2, -0.15) is 4.31 Å². The van der Waals surface area contributed by atoms with Gasteiger partial charge in [-0.3, -0.25) is 0 Å². The van der Waals surface area contributed by atoms with Gasteiger partial charge in [0.1, 0.15) is 4.21 Å². The monoisotopic (exact) mass is 366 g/mol. The summed E-state index contributed by atoms with van der Waals surface area (Å²) in [6, 6.07) is 3.55. The van der Waals surface area contributed by atoms with Gasteiger partial charge in [-0.1, -0.05) is 6.92 Å². The predicted octanol–water partition coefficient (Wildman–Crippen LogP) is 2.62. The molecule has 108 valence electrons. The van der Waals surface area contributed by atoms with Crippen LogP contribution in [0, 0.1) is 0 Å². The van der Waals surface area contributed by atoms with Gasteiger partial charge in [-0.05, 0) is 54.5 Å². The van der Waals surface area contributed by atoms with Crippen LogP contribution < -0.4 is 0 Å². The van der Waals surface area contributed by atoms with E-state index in [-0.39, 0.29) is 6.04 Å². The first kappa shape index (κ1) is 15.4. The lowest BCUT2D eigenvalue weighted by Gasteiger charge is -2.28. The second kappa shape index (κ2) is 6.22. The molecule has 1 fully saturated rings. The molecule has 1 aromatic rings. The lowest BCUT2D eigenvalue weighted by Crippen LogP contribution is -2.43. The predicted molar refractivity (Wildman–Crippen MR) is 82.1 cm³/mol. The Morgan fingerprint density at radius 3 is 2.74 bits per heavy atom. The molecule has 1 saturated heterocycles. The van der Waals surface area contributed by atoms with E-state index in [0.29, 0.717) is 10.8 Å². The average Bonchev–Trinajstić information content (AvgIpc) is 2.69. The Bertz CT molecular complexity index is 530. The van der Waals surface area contributed by atoms with Crippen molar-refractivity contribution in [3.8, 4) is 0 Å². The Morgan fingerprint density at radius 1 is 1.42 bits per heavy atom. The number of thiophene rings is 1. The zero-order chi connectivity index (χ0) is 14.0. The summed E-state index contributed by atoms with van der Waals surface area (Å²) >= 11 is 4.62. The summed E-state index contributed by atoms with van der Waals surface area (Å²) in [5.74, 6) is 0. The quantitative estimate of drug-likeness (QED) is 0.825. The van der Waals surface area contributed by atoms with E-state index in [1.54, 1.807) is 16.4 Å². The molecule has 2 rings (SSSR count). The van der Waals surface area contributed by atoms with Gasteiger partial charge in [0.25, 0.3) is 10.0 Å². The zero-order valence-corrected chi connectivity index (χ0v) is 14.4. The highest BCUT2D eigenvalue weighted by atomic mass is 79.9. The highest BCUT2D eigenvalue weighted by molar-refractivity contribution is 9.11. The molecule has 0 aliphatic carbocycles. The summed E-state index contributed by atoms with van der Waals surface area (Å²) in [7, 11) is -1.30. The molecule has 0 aromatic carbocycles. The molecule has 1 aliphatic heterocycles. The molecule has 0 spiro atoms. The molecule has 1 aromatic heterocycles. The van der Waals surface area contributed by atoms with E-state index in [0.717, 1.165) is 29.7 Å². The van der Waals surface area contributed by atoms with Gasteiger partial charge in [-0.15, -0.1) is 11.3 Å². The maximum Gasteiger partial charge on any atom is 0.252 e. The van der Waals surface area contributed by atoms with E-state index in [9.17, 15) is 8.42 Å². The van der Waals surface area contributed by atoms with Gasteiger partial charge in [0, 0.05) is 19.1 Å². The fourth-order valence-corrected chi connectivity index (χ4v) is 6.29. The standard InChI is InChI=1S/C12H19BrN2O2S2/c1-3-10-9-14(2)7-4-8-15(10)19(16,17)12-6-5-11(13)18-12/h5-6,10H,3-4,7-9H2,1-2H3. The molecule has 1 aliphatic rings. The number of likely N-dealkylation sites (N-methyl/N-ethyl adjacent to an activating group) is 1. The molecule has 1 atom stereocenters. The molecule has 0 saturated carbocycles. The van der Waals surface area contributed by atoms with Crippen LogP contribution in [0.1, 0.15) is 19.8 Å². The summed E-state index contributed by atoms with van der Waals surface area (Å²) in [6.45, 7) is 4.43. The summed E-state index contributed by atoms with van der Waals surface area (Å²) < 4.78 is 28.4. The van der Waals surface area contributed by atoms with Crippen molar-refractivity contribution in [1.29, 1.82) is 0 Å². The van der Waals surface area contributed by atoms with Crippen molar-refractivity contribution in [3.63, 3.8) is 0 Å². The average molecular weight is 367 g/mol. The third kappa shape index (κ3) is 3.39. The fraction of sp³-hybridized carbons (Fsp3) is 0.667. The van der Waals surface area contributed by atoms with E-state index in [2.05, 4.69) is 34.8 Å². The highest BCUT2D eigenvalue weighted by Crippen LogP contribution is 2.30. The Morgan fingerprint density at radius 2 is 2.16 bits per heavy atom. The largest absolute Gasteiger partial charge is 0.305 e. The third-order valence-electron chi connectivity index (χ3n) is 3.43. The topological polar surface area (TPSA) is 40.6 Å². The van der Waals surface area contributed by atoms with E-state index in [4.69, 9.17) is 0 Å². The van der Waals surface area contributed by atoms with Gasteiger partial charge >= 0.3 is 0 Å². The van der Waals surface area contributed by atoms with Crippen molar-refractivity contribution in [3.05, 3.63) is 15.9 Å². The minimum absolute atomic E-state index is 0.0679. The number of hydrogen-bond donors (Lipinski definition) is 0. The van der Waals surface area contributed by atoms with Crippen molar-refractivity contribution in [1.82, 2.24) is 9.21 Å². The first-order valence-corrected chi connectivity index (χ1v) is 9.46. The minimum Gasteiger partial charge on any atom is -0.305 e. The van der Waals surface area contributed by atoms with Crippen LogP contribution in [0.15, 0.2) is 20.1 Å². The van der Waals surface area contributed by atoms with Crippen LogP contribution >= 0.6 is 27.3 Å². The molecule has 19 heavy (non-hydrogen) atoms. The van der Waals surface area contributed by atoms with E-state index >= 15 is 0 Å². The lowest BCUT2D eigenvalue weighted by atomic mass is 10.2. The molecular formula is C12H19BrN2O2S2. The van der Waals surface area contributed by atoms with Gasteiger partial charge < -0.3 is 4.90 Å². The molecule has 1 unspecified atom stereocenters. The Hall–Kier alpha value is 0.0500. The molecule has 4 nitrogen and oxygen atoms in total. The summed E-state index contributed by atoms with van der Waals surface area (Å²) in [4.78, 5) is 2.22. The SMILES string of the molecule is CCC1CN(C)CCCN1S(=O)(=O)c1ccc(Br)s1. The van der Waals surface area contributed by atoms with Gasteiger partial charge in [-0.25, -0.2) is 8.42 Å². The zero-order valence-electron chi connectivity index (χ0n) is 11.2. The van der Waals surface area contributed by atoms with Crippen LogP contribution in [0.4, 0.5) is 0 Å². The molecule has 0 N–H and O–H groups in total. The first-order valence-electron chi connectivity index (χ1n) is 6.41. The molecular weight excluding hydrogens is 348 g/mol. The van der Waals surface area contributed by atoms with E-state index < -0.39 is 10.0 Å². The second-order valence-corrected chi connectivity index (χ2v) is 9.43. The van der Waals surface area contributed by atoms with Crippen LogP contribution in [0.3, 0.4) is 0 Å². The van der Waals surface area contributed by atoms with Crippen LogP contribution in [0.2, 0.25) is 0 Å². The number of sulfonamides is 1. The van der Waals surface area contributed by atoms with Gasteiger partial charge in [0.05, 0.1) is 3.79 Å². The van der Waals surface area contributed by atoms with Crippen molar-refractivity contribution < 1.29 is 8.42 Å². The maximum absolute atomic E-state index is 12.7. The lowest BCUT2D eigenvalue weighted by molar-refractivity contribution is 0.270. The van der Waals surface area contributed by atoms with Crippen molar-refractivity contribution in [2.45, 2.75) is 30.0 Å². The Labute approximate surface area is 127 Å². The second-order valence-electron chi connectivity index (χ2n) is 4.85. The maximum atomic E-state index is 12.7. The normalized spacial score (nSPS) is 23.4. The number of rotatable bonds is 3. The summed E-state index contributed by atoms with van der Waals surface area (Å²) in [5.41, 5.74) is 0. The smallest absolute Gasteiger partial charge is 0.252 e. The molecule has 0 radical (unpaired) electrons. The first-order chi connectivity index (χ1) is 8.95. The number of nitrogens with zero attached hydrogens (tertiary/aromatic N) is 2. The van der Waals surface area contributed by atoms with Crippen LogP contribution in [0.5, 0.6) is 0 Å². The van der Waals surface area contributed by atoms with Crippen LogP contribution in [0.25, 0.3) is 0 Å². The number of halogens is 1.